The fourth-order valence-corrected chi connectivity index (χ4v) is 1.76. The first-order chi connectivity index (χ1) is 8.17. The van der Waals surface area contributed by atoms with Crippen molar-refractivity contribution >= 4 is 11.5 Å². The monoisotopic (exact) mass is 234 g/mol. The van der Waals surface area contributed by atoms with Crippen LogP contribution in [0.5, 0.6) is 0 Å². The number of nitro groups is 1. The van der Waals surface area contributed by atoms with Gasteiger partial charge in [-0.25, -0.2) is 4.98 Å². The van der Waals surface area contributed by atoms with Gasteiger partial charge in [0, 0.05) is 12.6 Å². The van der Waals surface area contributed by atoms with Gasteiger partial charge in [0.25, 0.3) is 0 Å². The molecule has 0 amide bonds. The van der Waals surface area contributed by atoms with Crippen molar-refractivity contribution in [3.63, 3.8) is 0 Å². The number of nitriles is 1. The zero-order valence-corrected chi connectivity index (χ0v) is 8.91. The van der Waals surface area contributed by atoms with Gasteiger partial charge in [-0.05, 0) is 12.5 Å². The molecule has 17 heavy (non-hydrogen) atoms. The summed E-state index contributed by atoms with van der Waals surface area (Å²) in [6, 6.07) is 4.48. The largest absolute Gasteiger partial charge is 0.394 e. The lowest BCUT2D eigenvalue weighted by molar-refractivity contribution is -0.385. The second-order valence-corrected chi connectivity index (χ2v) is 3.72. The van der Waals surface area contributed by atoms with E-state index in [1.54, 1.807) is 6.07 Å². The summed E-state index contributed by atoms with van der Waals surface area (Å²) >= 11 is 0. The number of aliphatic hydroxyl groups excluding tert-OH is 1. The zero-order chi connectivity index (χ0) is 12.4. The molecule has 1 atom stereocenters. The van der Waals surface area contributed by atoms with Gasteiger partial charge in [0.2, 0.25) is 5.69 Å². The molecule has 1 fully saturated rings. The van der Waals surface area contributed by atoms with Crippen molar-refractivity contribution in [2.24, 2.45) is 0 Å². The molecule has 7 nitrogen and oxygen atoms in total. The number of hydrogen-bond donors (Lipinski definition) is 1. The topological polar surface area (TPSA) is 103 Å². The molecule has 1 N–H and O–H groups in total. The predicted octanol–water partition coefficient (Wildman–Crippen LogP) is 0.432. The highest BCUT2D eigenvalue weighted by Crippen LogP contribution is 2.27. The van der Waals surface area contributed by atoms with Crippen molar-refractivity contribution in [1.29, 1.82) is 5.26 Å². The molecule has 2 rings (SSSR count). The number of hydrogen-bond acceptors (Lipinski definition) is 6. The van der Waals surface area contributed by atoms with E-state index in [1.807, 2.05) is 4.90 Å². The molecule has 88 valence electrons. The molecule has 1 aromatic heterocycles. The Morgan fingerprint density at radius 1 is 1.71 bits per heavy atom. The van der Waals surface area contributed by atoms with Gasteiger partial charge in [0.15, 0.2) is 0 Å². The van der Waals surface area contributed by atoms with Crippen LogP contribution in [0.15, 0.2) is 12.1 Å². The van der Waals surface area contributed by atoms with E-state index in [1.165, 1.54) is 12.1 Å². The van der Waals surface area contributed by atoms with Gasteiger partial charge in [-0.1, -0.05) is 0 Å². The Morgan fingerprint density at radius 3 is 2.94 bits per heavy atom. The summed E-state index contributed by atoms with van der Waals surface area (Å²) in [7, 11) is 0. The third-order valence-corrected chi connectivity index (χ3v) is 2.81. The summed E-state index contributed by atoms with van der Waals surface area (Å²) in [6.45, 7) is 0.751. The summed E-state index contributed by atoms with van der Waals surface area (Å²) in [5.74, 6) is 0.498. The molecule has 1 aliphatic rings. The molecule has 0 saturated carbocycles. The van der Waals surface area contributed by atoms with Gasteiger partial charge in [-0.2, -0.15) is 5.26 Å². The smallest absolute Gasteiger partial charge is 0.305 e. The fraction of sp³-hybridized carbons (Fsp3) is 0.400. The van der Waals surface area contributed by atoms with Gasteiger partial charge in [-0.15, -0.1) is 0 Å². The van der Waals surface area contributed by atoms with Crippen LogP contribution < -0.4 is 4.90 Å². The van der Waals surface area contributed by atoms with Crippen molar-refractivity contribution in [3.8, 4) is 6.07 Å². The fourth-order valence-electron chi connectivity index (χ4n) is 1.76. The maximum Gasteiger partial charge on any atom is 0.305 e. The summed E-state index contributed by atoms with van der Waals surface area (Å²) in [5, 5.41) is 28.5. The van der Waals surface area contributed by atoms with E-state index in [-0.39, 0.29) is 24.0 Å². The molecule has 1 aliphatic heterocycles. The maximum absolute atomic E-state index is 10.6. The van der Waals surface area contributed by atoms with Crippen LogP contribution in [0, 0.1) is 21.4 Å². The molecule has 7 heteroatoms. The number of anilines is 1. The molecule has 0 unspecified atom stereocenters. The average molecular weight is 234 g/mol. The number of rotatable bonds is 3. The lowest BCUT2D eigenvalue weighted by Crippen LogP contribution is -2.50. The van der Waals surface area contributed by atoms with Gasteiger partial charge < -0.3 is 10.0 Å². The van der Waals surface area contributed by atoms with Crippen LogP contribution >= 0.6 is 0 Å². The third kappa shape index (κ3) is 1.90. The Morgan fingerprint density at radius 2 is 2.47 bits per heavy atom. The van der Waals surface area contributed by atoms with E-state index in [0.29, 0.717) is 5.82 Å². The van der Waals surface area contributed by atoms with Gasteiger partial charge in [-0.3, -0.25) is 10.1 Å². The Bertz CT molecular complexity index is 495. The summed E-state index contributed by atoms with van der Waals surface area (Å²) in [4.78, 5) is 15.8. The van der Waals surface area contributed by atoms with E-state index in [4.69, 9.17) is 10.4 Å². The van der Waals surface area contributed by atoms with Gasteiger partial charge >= 0.3 is 5.69 Å². The molecule has 0 spiro atoms. The Hall–Kier alpha value is -2.20. The molecule has 1 saturated heterocycles. The van der Waals surface area contributed by atoms with E-state index < -0.39 is 4.92 Å². The highest BCUT2D eigenvalue weighted by Gasteiger charge is 2.29. The highest BCUT2D eigenvalue weighted by molar-refractivity contribution is 5.53. The van der Waals surface area contributed by atoms with Crippen molar-refractivity contribution in [1.82, 2.24) is 4.98 Å². The third-order valence-electron chi connectivity index (χ3n) is 2.81. The Balaban J connectivity index is 2.33. The first kappa shape index (κ1) is 11.3. The number of aliphatic hydroxyl groups is 1. The van der Waals surface area contributed by atoms with Crippen LogP contribution in [0.3, 0.4) is 0 Å². The van der Waals surface area contributed by atoms with Crippen molar-refractivity contribution in [3.05, 3.63) is 27.9 Å². The maximum atomic E-state index is 10.6. The van der Waals surface area contributed by atoms with Crippen LogP contribution in [0.1, 0.15) is 12.1 Å². The van der Waals surface area contributed by atoms with E-state index >= 15 is 0 Å². The number of pyridine rings is 1. The quantitative estimate of drug-likeness (QED) is 0.601. The molecular weight excluding hydrogens is 224 g/mol. The molecular formula is C10H10N4O3. The average Bonchev–Trinajstić information content (AvgIpc) is 2.27. The van der Waals surface area contributed by atoms with Crippen molar-refractivity contribution < 1.29 is 10.0 Å². The van der Waals surface area contributed by atoms with E-state index in [9.17, 15) is 10.1 Å². The first-order valence-corrected chi connectivity index (χ1v) is 5.10. The number of aromatic nitrogens is 1. The van der Waals surface area contributed by atoms with Crippen molar-refractivity contribution in [2.45, 2.75) is 12.5 Å². The molecule has 0 radical (unpaired) electrons. The van der Waals surface area contributed by atoms with E-state index in [0.717, 1.165) is 13.0 Å². The Kier molecular flexibility index (Phi) is 2.89. The minimum absolute atomic E-state index is 0.00417. The minimum Gasteiger partial charge on any atom is -0.394 e. The zero-order valence-electron chi connectivity index (χ0n) is 8.91. The molecule has 0 aliphatic carbocycles. The molecule has 0 aromatic carbocycles. The standard InChI is InChI=1S/C10H10N4O3/c11-5-8-9(14(16)17)1-2-10(12-8)13-4-3-7(13)6-15/h1-2,7,15H,3-4,6H2/t7-/m0/s1. The molecule has 2 heterocycles. The lowest BCUT2D eigenvalue weighted by Gasteiger charge is -2.40. The normalized spacial score (nSPS) is 18.4. The van der Waals surface area contributed by atoms with Crippen LogP contribution in [-0.4, -0.2) is 34.2 Å². The SMILES string of the molecule is N#Cc1nc(N2CC[C@H]2CO)ccc1[N+](=O)[O-]. The van der Waals surface area contributed by atoms with E-state index in [2.05, 4.69) is 4.98 Å². The summed E-state index contributed by atoms with van der Waals surface area (Å²) < 4.78 is 0. The summed E-state index contributed by atoms with van der Waals surface area (Å²) in [6.07, 6.45) is 0.858. The predicted molar refractivity (Wildman–Crippen MR) is 58.4 cm³/mol. The van der Waals surface area contributed by atoms with Crippen LogP contribution in [0.4, 0.5) is 11.5 Å². The van der Waals surface area contributed by atoms with Gasteiger partial charge in [0.05, 0.1) is 17.6 Å². The van der Waals surface area contributed by atoms with Crippen LogP contribution in [0.2, 0.25) is 0 Å². The molecule has 1 aromatic rings. The second kappa shape index (κ2) is 4.35. The first-order valence-electron chi connectivity index (χ1n) is 5.10. The van der Waals surface area contributed by atoms with Crippen LogP contribution in [0.25, 0.3) is 0 Å². The van der Waals surface area contributed by atoms with Crippen LogP contribution in [-0.2, 0) is 0 Å². The number of nitrogens with zero attached hydrogens (tertiary/aromatic N) is 4. The summed E-state index contributed by atoms with van der Waals surface area (Å²) in [5.41, 5.74) is -0.492. The Labute approximate surface area is 97.1 Å². The second-order valence-electron chi connectivity index (χ2n) is 3.72. The van der Waals surface area contributed by atoms with Crippen molar-refractivity contribution in [2.75, 3.05) is 18.1 Å². The van der Waals surface area contributed by atoms with Gasteiger partial charge in [0.1, 0.15) is 11.9 Å². The highest BCUT2D eigenvalue weighted by atomic mass is 16.6. The minimum atomic E-state index is -0.630. The lowest BCUT2D eigenvalue weighted by atomic mass is 10.0. The molecule has 0 bridgehead atoms.